The molecule has 2 heterocycles. The van der Waals surface area contributed by atoms with Crippen molar-refractivity contribution in [2.24, 2.45) is 18.9 Å². The van der Waals surface area contributed by atoms with Gasteiger partial charge in [-0.2, -0.15) is 5.10 Å². The van der Waals surface area contributed by atoms with Crippen molar-refractivity contribution in [3.63, 3.8) is 0 Å². The minimum Gasteiger partial charge on any atom is -0.326 e. The summed E-state index contributed by atoms with van der Waals surface area (Å²) in [6, 6.07) is 7.71. The molecule has 1 N–H and O–H groups in total. The lowest BCUT2D eigenvalue weighted by Gasteiger charge is -2.46. The number of aryl methyl sites for hydroxylation is 2. The topological polar surface area (TPSA) is 72.7 Å². The Hall–Kier alpha value is -3.09. The summed E-state index contributed by atoms with van der Waals surface area (Å²) >= 11 is 0. The van der Waals surface area contributed by atoms with Gasteiger partial charge in [0, 0.05) is 35.6 Å². The highest BCUT2D eigenvalue weighted by Crippen LogP contribution is 2.64. The van der Waals surface area contributed by atoms with Gasteiger partial charge in [-0.25, -0.2) is 14.4 Å². The molecule has 3 atom stereocenters. The molecule has 6 nitrogen and oxygen atoms in total. The first-order chi connectivity index (χ1) is 14.0. The second-order valence-corrected chi connectivity index (χ2v) is 8.22. The number of amides is 1. The third-order valence-corrected chi connectivity index (χ3v) is 6.63. The van der Waals surface area contributed by atoms with Gasteiger partial charge in [-0.05, 0) is 55.9 Å². The van der Waals surface area contributed by atoms with Crippen molar-refractivity contribution < 1.29 is 9.18 Å². The fourth-order valence-electron chi connectivity index (χ4n) is 5.30. The van der Waals surface area contributed by atoms with E-state index in [-0.39, 0.29) is 17.2 Å². The van der Waals surface area contributed by atoms with Crippen LogP contribution < -0.4 is 5.32 Å². The van der Waals surface area contributed by atoms with E-state index in [1.165, 1.54) is 0 Å². The number of hydrogen-bond acceptors (Lipinski definition) is 4. The monoisotopic (exact) mass is 391 g/mol. The van der Waals surface area contributed by atoms with Crippen LogP contribution in [-0.4, -0.2) is 25.7 Å². The number of benzene rings is 1. The van der Waals surface area contributed by atoms with Crippen molar-refractivity contribution in [2.45, 2.75) is 31.6 Å². The molecule has 1 aromatic carbocycles. The normalized spacial score (nSPS) is 24.9. The van der Waals surface area contributed by atoms with Crippen LogP contribution in [0.1, 0.15) is 30.5 Å². The van der Waals surface area contributed by atoms with E-state index >= 15 is 0 Å². The molecule has 148 valence electrons. The lowest BCUT2D eigenvalue weighted by Crippen LogP contribution is -2.51. The molecule has 3 fully saturated rings. The summed E-state index contributed by atoms with van der Waals surface area (Å²) in [5, 5.41) is 7.42. The Morgan fingerprint density at radius 1 is 1.28 bits per heavy atom. The fourth-order valence-corrected chi connectivity index (χ4v) is 5.30. The Morgan fingerprint density at radius 2 is 2.07 bits per heavy atom. The van der Waals surface area contributed by atoms with Crippen molar-refractivity contribution in [3.8, 4) is 11.4 Å². The second kappa shape index (κ2) is 6.47. The van der Waals surface area contributed by atoms with Gasteiger partial charge in [-0.1, -0.05) is 6.07 Å². The summed E-state index contributed by atoms with van der Waals surface area (Å²) in [7, 11) is 1.94. The van der Waals surface area contributed by atoms with Crippen LogP contribution in [0.15, 0.2) is 42.9 Å². The molecule has 3 aliphatic rings. The largest absolute Gasteiger partial charge is 0.326 e. The van der Waals surface area contributed by atoms with Crippen LogP contribution in [0.5, 0.6) is 0 Å². The van der Waals surface area contributed by atoms with E-state index in [0.29, 0.717) is 17.4 Å². The average Bonchev–Trinajstić information content (AvgIpc) is 3.39. The Morgan fingerprint density at radius 3 is 2.76 bits per heavy atom. The first-order valence-electron chi connectivity index (χ1n) is 9.86. The number of carbonyl (C=O) groups is 1. The van der Waals surface area contributed by atoms with Crippen LogP contribution >= 0.6 is 0 Å². The number of hydrogen-bond donors (Lipinski definition) is 1. The van der Waals surface area contributed by atoms with Crippen molar-refractivity contribution in [1.82, 2.24) is 19.7 Å². The second-order valence-electron chi connectivity index (χ2n) is 8.22. The number of carbonyl (C=O) groups excluding carboxylic acids is 1. The van der Waals surface area contributed by atoms with Crippen LogP contribution in [0.2, 0.25) is 0 Å². The van der Waals surface area contributed by atoms with Gasteiger partial charge in [0.25, 0.3) is 0 Å². The summed E-state index contributed by atoms with van der Waals surface area (Å²) in [5.74, 6) is 0.404. The molecule has 6 rings (SSSR count). The molecule has 7 heteroatoms. The van der Waals surface area contributed by atoms with Gasteiger partial charge in [-0.3, -0.25) is 9.48 Å². The Kier molecular flexibility index (Phi) is 4.01. The Labute approximate surface area is 168 Å². The number of halogens is 1. The van der Waals surface area contributed by atoms with E-state index in [2.05, 4.69) is 20.4 Å². The zero-order valence-electron chi connectivity index (χ0n) is 16.4. The van der Waals surface area contributed by atoms with Crippen LogP contribution in [0.4, 0.5) is 10.1 Å². The molecule has 1 amide bonds. The third kappa shape index (κ3) is 2.75. The molecule has 3 aliphatic carbocycles. The predicted octanol–water partition coefficient (Wildman–Crippen LogP) is 3.63. The zero-order valence-corrected chi connectivity index (χ0v) is 16.4. The van der Waals surface area contributed by atoms with Gasteiger partial charge in [0.2, 0.25) is 5.91 Å². The van der Waals surface area contributed by atoms with Crippen LogP contribution in [-0.2, 0) is 17.3 Å². The standard InChI is InChI=1S/C22H22FN5O/c1-13-3-4-16(9-17(13)20-24-11-15(23)12-25-20)27-21(29)19-14-5-7-22(19,10-14)18-6-8-26-28(18)2/h3-4,6,8-9,11-12,14,19H,5,7,10H2,1-2H3,(H,27,29). The summed E-state index contributed by atoms with van der Waals surface area (Å²) < 4.78 is 15.1. The highest BCUT2D eigenvalue weighted by atomic mass is 19.1. The number of nitrogens with one attached hydrogen (secondary N) is 1. The van der Waals surface area contributed by atoms with E-state index in [4.69, 9.17) is 0 Å². The van der Waals surface area contributed by atoms with Crippen LogP contribution in [0.25, 0.3) is 11.4 Å². The highest BCUT2D eigenvalue weighted by molar-refractivity contribution is 5.95. The summed E-state index contributed by atoms with van der Waals surface area (Å²) in [4.78, 5) is 21.4. The molecular formula is C22H22FN5O. The number of anilines is 1. The van der Waals surface area contributed by atoms with Crippen molar-refractivity contribution in [1.29, 1.82) is 0 Å². The Balaban J connectivity index is 1.41. The summed E-state index contributed by atoms with van der Waals surface area (Å²) in [5.41, 5.74) is 3.49. The maximum Gasteiger partial charge on any atom is 0.228 e. The van der Waals surface area contributed by atoms with E-state index in [1.807, 2.05) is 42.9 Å². The molecule has 3 saturated carbocycles. The first-order valence-corrected chi connectivity index (χ1v) is 9.86. The van der Waals surface area contributed by atoms with E-state index in [9.17, 15) is 9.18 Å². The van der Waals surface area contributed by atoms with Crippen molar-refractivity contribution >= 4 is 11.6 Å². The summed E-state index contributed by atoms with van der Waals surface area (Å²) in [6.07, 6.45) is 7.25. The van der Waals surface area contributed by atoms with E-state index in [1.54, 1.807) is 6.20 Å². The highest BCUT2D eigenvalue weighted by Gasteiger charge is 2.63. The molecule has 2 bridgehead atoms. The predicted molar refractivity (Wildman–Crippen MR) is 107 cm³/mol. The van der Waals surface area contributed by atoms with Gasteiger partial charge >= 0.3 is 0 Å². The van der Waals surface area contributed by atoms with E-state index < -0.39 is 5.82 Å². The van der Waals surface area contributed by atoms with Crippen LogP contribution in [0.3, 0.4) is 0 Å². The minimum atomic E-state index is -0.475. The van der Waals surface area contributed by atoms with Gasteiger partial charge in [-0.15, -0.1) is 0 Å². The molecule has 0 aliphatic heterocycles. The first kappa shape index (κ1) is 18.0. The molecule has 0 radical (unpaired) electrons. The molecule has 3 unspecified atom stereocenters. The maximum atomic E-state index is 13.2. The van der Waals surface area contributed by atoms with Gasteiger partial charge < -0.3 is 5.32 Å². The number of nitrogens with zero attached hydrogens (tertiary/aromatic N) is 4. The smallest absolute Gasteiger partial charge is 0.228 e. The van der Waals surface area contributed by atoms with E-state index in [0.717, 1.165) is 48.5 Å². The molecule has 29 heavy (non-hydrogen) atoms. The zero-order chi connectivity index (χ0) is 20.2. The fraction of sp³-hybridized carbons (Fsp3) is 0.364. The molecule has 3 aromatic rings. The Bertz CT molecular complexity index is 1090. The molecular weight excluding hydrogens is 369 g/mol. The third-order valence-electron chi connectivity index (χ3n) is 6.63. The average molecular weight is 391 g/mol. The lowest BCUT2D eigenvalue weighted by molar-refractivity contribution is -0.127. The van der Waals surface area contributed by atoms with Crippen molar-refractivity contribution in [2.75, 3.05) is 5.32 Å². The molecule has 0 spiro atoms. The summed E-state index contributed by atoms with van der Waals surface area (Å²) in [6.45, 7) is 1.94. The minimum absolute atomic E-state index is 0.0373. The number of aromatic nitrogens is 4. The van der Waals surface area contributed by atoms with Gasteiger partial charge in [0.05, 0.1) is 18.3 Å². The number of fused-ring (bicyclic) bond motifs is 1. The maximum absolute atomic E-state index is 13.2. The van der Waals surface area contributed by atoms with Crippen LogP contribution in [0, 0.1) is 24.6 Å². The molecule has 0 saturated heterocycles. The SMILES string of the molecule is Cc1ccc(NC(=O)C2C3CCC2(c2ccnn2C)C3)cc1-c1ncc(F)cn1. The van der Waals surface area contributed by atoms with Gasteiger partial charge in [0.1, 0.15) is 0 Å². The lowest BCUT2D eigenvalue weighted by atomic mass is 9.58. The van der Waals surface area contributed by atoms with Crippen molar-refractivity contribution in [3.05, 3.63) is 59.9 Å². The number of rotatable bonds is 4. The molecule has 2 aromatic heterocycles. The quantitative estimate of drug-likeness (QED) is 0.737. The van der Waals surface area contributed by atoms with Gasteiger partial charge in [0.15, 0.2) is 11.6 Å².